The fourth-order valence-electron chi connectivity index (χ4n) is 3.45. The molecule has 1 amide bonds. The van der Waals surface area contributed by atoms with Crippen LogP contribution in [-0.2, 0) is 11.2 Å². The smallest absolute Gasteiger partial charge is 0.255 e. The Morgan fingerprint density at radius 3 is 2.92 bits per heavy atom. The third-order valence-electron chi connectivity index (χ3n) is 4.79. The number of aliphatic hydroxyl groups excluding tert-OH is 1. The number of ether oxygens (including phenoxy) is 1. The van der Waals surface area contributed by atoms with E-state index in [2.05, 4.69) is 24.0 Å². The van der Waals surface area contributed by atoms with Crippen LogP contribution in [0.2, 0.25) is 0 Å². The monoisotopic (exact) mass is 348 g/mol. The molecule has 132 valence electrons. The summed E-state index contributed by atoms with van der Waals surface area (Å²) in [6.07, 6.45) is 2.07. The number of carbonyl (C=O) groups excluding carboxylic acids is 1. The number of fused-ring (bicyclic) bond motifs is 3. The molecule has 0 saturated carbocycles. The van der Waals surface area contributed by atoms with Crippen LogP contribution in [-0.4, -0.2) is 29.7 Å². The lowest BCUT2D eigenvalue weighted by atomic mass is 10.1. The molecule has 2 heterocycles. The average molecular weight is 348 g/mol. The molecule has 0 atom stereocenters. The maximum absolute atomic E-state index is 12.7. The van der Waals surface area contributed by atoms with Gasteiger partial charge in [0.05, 0.1) is 7.11 Å². The molecule has 3 aromatic rings. The van der Waals surface area contributed by atoms with Crippen LogP contribution in [0.4, 0.5) is 5.82 Å². The van der Waals surface area contributed by atoms with E-state index < -0.39 is 0 Å². The first-order valence-electron chi connectivity index (χ1n) is 8.54. The minimum absolute atomic E-state index is 0.0747. The van der Waals surface area contributed by atoms with Gasteiger partial charge in [0.25, 0.3) is 5.91 Å². The predicted molar refractivity (Wildman–Crippen MR) is 103 cm³/mol. The van der Waals surface area contributed by atoms with Crippen LogP contribution in [0.15, 0.2) is 48.5 Å². The van der Waals surface area contributed by atoms with Crippen LogP contribution in [0.25, 0.3) is 16.7 Å². The Kier molecular flexibility index (Phi) is 3.92. The number of aromatic nitrogens is 1. The van der Waals surface area contributed by atoms with Crippen molar-refractivity contribution in [3.05, 3.63) is 65.2 Å². The van der Waals surface area contributed by atoms with E-state index in [1.807, 2.05) is 6.07 Å². The number of rotatable bonds is 3. The average Bonchev–Trinajstić information content (AvgIpc) is 3.21. The highest BCUT2D eigenvalue weighted by atomic mass is 16.5. The summed E-state index contributed by atoms with van der Waals surface area (Å²) < 4.78 is 5.16. The molecule has 0 unspecified atom stereocenters. The van der Waals surface area contributed by atoms with E-state index in [9.17, 15) is 9.90 Å². The molecule has 4 rings (SSSR count). The molecule has 0 bridgehead atoms. The van der Waals surface area contributed by atoms with Crippen molar-refractivity contribution in [2.24, 2.45) is 0 Å². The molecule has 1 aliphatic rings. The normalized spacial score (nSPS) is 13.9. The van der Waals surface area contributed by atoms with Gasteiger partial charge in [0, 0.05) is 34.7 Å². The largest absolute Gasteiger partial charge is 0.507 e. The van der Waals surface area contributed by atoms with Gasteiger partial charge in [-0.3, -0.25) is 9.69 Å². The number of aromatic amines is 1. The molecule has 5 nitrogen and oxygen atoms in total. The predicted octanol–water partition coefficient (Wildman–Crippen LogP) is 3.97. The van der Waals surface area contributed by atoms with Gasteiger partial charge < -0.3 is 14.8 Å². The van der Waals surface area contributed by atoms with Gasteiger partial charge in [0.1, 0.15) is 17.3 Å². The molecule has 0 saturated heterocycles. The van der Waals surface area contributed by atoms with Gasteiger partial charge in [0.2, 0.25) is 0 Å². The zero-order chi connectivity index (χ0) is 18.3. The van der Waals surface area contributed by atoms with Gasteiger partial charge in [0.15, 0.2) is 0 Å². The van der Waals surface area contributed by atoms with Crippen molar-refractivity contribution < 1.29 is 14.6 Å². The number of carbonyl (C=O) groups is 1. The van der Waals surface area contributed by atoms with Crippen LogP contribution in [0, 0.1) is 6.92 Å². The number of hydrogen-bond donors (Lipinski definition) is 2. The molecule has 0 fully saturated rings. The van der Waals surface area contributed by atoms with Gasteiger partial charge >= 0.3 is 0 Å². The molecule has 1 aromatic heterocycles. The molecular formula is C21H20N2O3. The van der Waals surface area contributed by atoms with E-state index in [-0.39, 0.29) is 11.7 Å². The second-order valence-corrected chi connectivity index (χ2v) is 6.50. The van der Waals surface area contributed by atoms with E-state index in [0.29, 0.717) is 17.9 Å². The van der Waals surface area contributed by atoms with E-state index in [1.54, 1.807) is 36.3 Å². The molecule has 5 heteroatoms. The number of nitrogens with zero attached hydrogens (tertiary/aromatic N) is 1. The van der Waals surface area contributed by atoms with Crippen LogP contribution in [0.5, 0.6) is 5.75 Å². The van der Waals surface area contributed by atoms with Crippen LogP contribution < -0.4 is 9.64 Å². The summed E-state index contributed by atoms with van der Waals surface area (Å²) in [5, 5.41) is 11.5. The molecule has 26 heavy (non-hydrogen) atoms. The van der Waals surface area contributed by atoms with Crippen molar-refractivity contribution >= 4 is 28.4 Å². The van der Waals surface area contributed by atoms with E-state index in [0.717, 1.165) is 28.7 Å². The van der Waals surface area contributed by atoms with E-state index >= 15 is 0 Å². The number of amides is 1. The van der Waals surface area contributed by atoms with Gasteiger partial charge in [-0.25, -0.2) is 0 Å². The topological polar surface area (TPSA) is 65.6 Å². The summed E-state index contributed by atoms with van der Waals surface area (Å²) in [7, 11) is 1.56. The zero-order valence-electron chi connectivity index (χ0n) is 14.7. The number of anilines is 1. The lowest BCUT2D eigenvalue weighted by molar-refractivity contribution is -0.114. The number of methoxy groups -OCH3 is 1. The highest BCUT2D eigenvalue weighted by Crippen LogP contribution is 2.35. The second-order valence-electron chi connectivity index (χ2n) is 6.50. The van der Waals surface area contributed by atoms with Crippen LogP contribution in [0.1, 0.15) is 16.7 Å². The first-order valence-corrected chi connectivity index (χ1v) is 8.54. The Balaban J connectivity index is 1.65. The van der Waals surface area contributed by atoms with Crippen molar-refractivity contribution in [3.8, 4) is 5.75 Å². The van der Waals surface area contributed by atoms with E-state index in [4.69, 9.17) is 4.74 Å². The van der Waals surface area contributed by atoms with Crippen molar-refractivity contribution in [2.45, 2.75) is 13.3 Å². The summed E-state index contributed by atoms with van der Waals surface area (Å²) in [5.74, 6) is 1.14. The van der Waals surface area contributed by atoms with Crippen molar-refractivity contribution in [1.82, 2.24) is 4.98 Å². The summed E-state index contributed by atoms with van der Waals surface area (Å²) in [6, 6.07) is 13.2. The van der Waals surface area contributed by atoms with Crippen molar-refractivity contribution in [2.75, 3.05) is 18.6 Å². The van der Waals surface area contributed by atoms with Crippen molar-refractivity contribution in [3.63, 3.8) is 0 Å². The van der Waals surface area contributed by atoms with Gasteiger partial charge in [-0.1, -0.05) is 23.8 Å². The SMILES string of the molecule is COc1cccc(/C(O)=C/C(=O)N2CCc3c2[nH]c2ccc(C)cc32)c1. The first-order chi connectivity index (χ1) is 12.6. The summed E-state index contributed by atoms with van der Waals surface area (Å²) in [4.78, 5) is 17.7. The minimum atomic E-state index is -0.243. The minimum Gasteiger partial charge on any atom is -0.507 e. The van der Waals surface area contributed by atoms with Crippen LogP contribution in [0.3, 0.4) is 0 Å². The Morgan fingerprint density at radius 2 is 2.12 bits per heavy atom. The maximum atomic E-state index is 12.7. The molecule has 0 radical (unpaired) electrons. The Bertz CT molecular complexity index is 1030. The number of aliphatic hydroxyl groups is 1. The Hall–Kier alpha value is -3.21. The number of aryl methyl sites for hydroxylation is 1. The first kappa shape index (κ1) is 16.3. The number of nitrogens with one attached hydrogen (secondary N) is 1. The van der Waals surface area contributed by atoms with Crippen LogP contribution >= 0.6 is 0 Å². The third kappa shape index (κ3) is 2.71. The lowest BCUT2D eigenvalue weighted by Gasteiger charge is -2.14. The summed E-state index contributed by atoms with van der Waals surface area (Å²) in [5.41, 5.74) is 3.93. The van der Waals surface area contributed by atoms with Gasteiger partial charge in [-0.05, 0) is 37.6 Å². The highest BCUT2D eigenvalue weighted by Gasteiger charge is 2.27. The Labute approximate surface area is 151 Å². The maximum Gasteiger partial charge on any atom is 0.255 e. The summed E-state index contributed by atoms with van der Waals surface area (Å²) >= 11 is 0. The van der Waals surface area contributed by atoms with Gasteiger partial charge in [-0.15, -0.1) is 0 Å². The van der Waals surface area contributed by atoms with Crippen molar-refractivity contribution in [1.29, 1.82) is 0 Å². The molecular weight excluding hydrogens is 328 g/mol. The highest BCUT2D eigenvalue weighted by molar-refractivity contribution is 6.07. The van der Waals surface area contributed by atoms with Gasteiger partial charge in [-0.2, -0.15) is 0 Å². The number of H-pyrrole nitrogens is 1. The second kappa shape index (κ2) is 6.26. The molecule has 2 aromatic carbocycles. The standard InChI is InChI=1S/C21H20N2O3/c1-13-6-7-18-17(10-13)16-8-9-23(21(16)22-18)20(25)12-19(24)14-4-3-5-15(11-14)26-2/h3-7,10-12,22,24H,8-9H2,1-2H3/b19-12-. The lowest BCUT2D eigenvalue weighted by Crippen LogP contribution is -2.27. The third-order valence-corrected chi connectivity index (χ3v) is 4.79. The fourth-order valence-corrected chi connectivity index (χ4v) is 3.45. The molecule has 0 spiro atoms. The summed E-state index contributed by atoms with van der Waals surface area (Å²) in [6.45, 7) is 2.66. The zero-order valence-corrected chi connectivity index (χ0v) is 14.7. The molecule has 0 aliphatic carbocycles. The number of benzene rings is 2. The quantitative estimate of drug-likeness (QED) is 0.556. The molecule has 1 aliphatic heterocycles. The molecule has 2 N–H and O–H groups in total. The fraction of sp³-hybridized carbons (Fsp3) is 0.190. The Morgan fingerprint density at radius 1 is 1.27 bits per heavy atom. The number of hydrogen-bond acceptors (Lipinski definition) is 3. The van der Waals surface area contributed by atoms with E-state index in [1.165, 1.54) is 11.6 Å².